The van der Waals surface area contributed by atoms with Crippen molar-refractivity contribution in [3.63, 3.8) is 0 Å². The molecule has 100 valence electrons. The van der Waals surface area contributed by atoms with Gasteiger partial charge in [0.1, 0.15) is 0 Å². The van der Waals surface area contributed by atoms with Crippen LogP contribution in [0.3, 0.4) is 0 Å². The van der Waals surface area contributed by atoms with Gasteiger partial charge in [-0.05, 0) is 44.7 Å². The fraction of sp³-hybridized carbons (Fsp3) is 0.923. The lowest BCUT2D eigenvalue weighted by atomic mass is 9.94. The Kier molecular flexibility index (Phi) is 8.01. The molecule has 1 rings (SSSR count). The minimum absolute atomic E-state index is 0.201. The van der Waals surface area contributed by atoms with Crippen molar-refractivity contribution in [1.29, 1.82) is 0 Å². The van der Waals surface area contributed by atoms with Crippen LogP contribution in [0.5, 0.6) is 0 Å². The number of hydrogen-bond acceptors (Lipinski definition) is 3. The van der Waals surface area contributed by atoms with E-state index in [0.717, 1.165) is 58.5 Å². The second-order valence-corrected chi connectivity index (χ2v) is 4.71. The van der Waals surface area contributed by atoms with Gasteiger partial charge in [0.25, 0.3) is 0 Å². The number of ether oxygens (including phenoxy) is 1. The lowest BCUT2D eigenvalue weighted by Gasteiger charge is -2.21. The summed E-state index contributed by atoms with van der Waals surface area (Å²) in [5.41, 5.74) is 0. The molecule has 0 atom stereocenters. The van der Waals surface area contributed by atoms with Gasteiger partial charge in [0.15, 0.2) is 0 Å². The molecule has 0 spiro atoms. The van der Waals surface area contributed by atoms with Gasteiger partial charge in [0, 0.05) is 26.2 Å². The topological polar surface area (TPSA) is 50.4 Å². The number of carbonyl (C=O) groups is 1. The zero-order valence-electron chi connectivity index (χ0n) is 11.0. The Balaban J connectivity index is 1.93. The lowest BCUT2D eigenvalue weighted by Crippen LogP contribution is -2.32. The Morgan fingerprint density at radius 2 is 2.12 bits per heavy atom. The van der Waals surface area contributed by atoms with E-state index in [9.17, 15) is 4.79 Å². The highest BCUT2D eigenvalue weighted by Crippen LogP contribution is 2.15. The van der Waals surface area contributed by atoms with Crippen molar-refractivity contribution in [3.05, 3.63) is 0 Å². The summed E-state index contributed by atoms with van der Waals surface area (Å²) in [5.74, 6) is 0.778. The fourth-order valence-electron chi connectivity index (χ4n) is 2.07. The maximum absolute atomic E-state index is 11.6. The molecule has 0 aromatic heterocycles. The number of carbonyl (C=O) groups excluding carboxylic acids is 1. The number of hydrogen-bond donors (Lipinski definition) is 2. The molecule has 1 amide bonds. The van der Waals surface area contributed by atoms with E-state index in [0.29, 0.717) is 12.3 Å². The molecule has 2 N–H and O–H groups in total. The van der Waals surface area contributed by atoms with E-state index < -0.39 is 0 Å². The van der Waals surface area contributed by atoms with Crippen LogP contribution >= 0.6 is 0 Å². The molecule has 0 radical (unpaired) electrons. The van der Waals surface area contributed by atoms with Crippen molar-refractivity contribution >= 4 is 5.91 Å². The molecule has 1 aliphatic heterocycles. The van der Waals surface area contributed by atoms with Crippen LogP contribution in [0.25, 0.3) is 0 Å². The normalized spacial score (nSPS) is 17.0. The van der Waals surface area contributed by atoms with E-state index in [4.69, 9.17) is 4.74 Å². The van der Waals surface area contributed by atoms with Crippen molar-refractivity contribution in [2.24, 2.45) is 5.92 Å². The average molecular weight is 242 g/mol. The van der Waals surface area contributed by atoms with Crippen molar-refractivity contribution in [1.82, 2.24) is 10.6 Å². The molecule has 4 heteroatoms. The summed E-state index contributed by atoms with van der Waals surface area (Å²) in [6.07, 6.45) is 4.93. The van der Waals surface area contributed by atoms with Crippen LogP contribution in [0.4, 0.5) is 0 Å². The van der Waals surface area contributed by atoms with Crippen LogP contribution in [-0.2, 0) is 9.53 Å². The second-order valence-electron chi connectivity index (χ2n) is 4.71. The monoisotopic (exact) mass is 242 g/mol. The van der Waals surface area contributed by atoms with Gasteiger partial charge in [-0.3, -0.25) is 4.79 Å². The summed E-state index contributed by atoms with van der Waals surface area (Å²) in [7, 11) is 0. The quantitative estimate of drug-likeness (QED) is 0.631. The maximum Gasteiger partial charge on any atom is 0.220 e. The minimum atomic E-state index is 0.201. The third-order valence-electron chi connectivity index (χ3n) is 3.07. The Morgan fingerprint density at radius 3 is 2.82 bits per heavy atom. The Morgan fingerprint density at radius 1 is 1.35 bits per heavy atom. The predicted molar refractivity (Wildman–Crippen MR) is 68.9 cm³/mol. The standard InChI is InChI=1S/C13H26N2O2/c1-2-9-17-10-3-6-15-13(16)11-12-4-7-14-8-5-12/h12,14H,2-11H2,1H3,(H,15,16). The largest absolute Gasteiger partial charge is 0.381 e. The fourth-order valence-corrected chi connectivity index (χ4v) is 2.07. The van der Waals surface area contributed by atoms with Gasteiger partial charge in [0.05, 0.1) is 0 Å². The molecule has 1 aliphatic rings. The van der Waals surface area contributed by atoms with E-state index in [1.54, 1.807) is 0 Å². The van der Waals surface area contributed by atoms with Crippen molar-refractivity contribution < 1.29 is 9.53 Å². The molecule has 0 unspecified atom stereocenters. The van der Waals surface area contributed by atoms with E-state index in [1.165, 1.54) is 0 Å². The zero-order valence-corrected chi connectivity index (χ0v) is 11.0. The number of rotatable bonds is 8. The van der Waals surface area contributed by atoms with Crippen LogP contribution < -0.4 is 10.6 Å². The Labute approximate surface area is 104 Å². The first kappa shape index (κ1) is 14.5. The Hall–Kier alpha value is -0.610. The highest BCUT2D eigenvalue weighted by molar-refractivity contribution is 5.76. The molecule has 1 fully saturated rings. The van der Waals surface area contributed by atoms with Crippen LogP contribution in [0, 0.1) is 5.92 Å². The van der Waals surface area contributed by atoms with Crippen LogP contribution in [-0.4, -0.2) is 38.8 Å². The van der Waals surface area contributed by atoms with Gasteiger partial charge in [-0.15, -0.1) is 0 Å². The lowest BCUT2D eigenvalue weighted by molar-refractivity contribution is -0.122. The average Bonchev–Trinajstić information content (AvgIpc) is 2.35. The second kappa shape index (κ2) is 9.42. The molecule has 1 saturated heterocycles. The first-order valence-corrected chi connectivity index (χ1v) is 6.88. The van der Waals surface area contributed by atoms with E-state index in [1.807, 2.05) is 0 Å². The molecule has 0 aromatic carbocycles. The summed E-state index contributed by atoms with van der Waals surface area (Å²) in [6, 6.07) is 0. The summed E-state index contributed by atoms with van der Waals surface area (Å²) >= 11 is 0. The van der Waals surface area contributed by atoms with Crippen LogP contribution in [0.15, 0.2) is 0 Å². The molecular weight excluding hydrogens is 216 g/mol. The first-order chi connectivity index (χ1) is 8.33. The van der Waals surface area contributed by atoms with Gasteiger partial charge < -0.3 is 15.4 Å². The SMILES string of the molecule is CCCOCCCNC(=O)CC1CCNCC1. The molecular formula is C13H26N2O2. The molecule has 1 heterocycles. The van der Waals surface area contributed by atoms with Gasteiger partial charge in [0.2, 0.25) is 5.91 Å². The summed E-state index contributed by atoms with van der Waals surface area (Å²) in [5, 5.41) is 6.28. The summed E-state index contributed by atoms with van der Waals surface area (Å²) < 4.78 is 5.36. The highest BCUT2D eigenvalue weighted by atomic mass is 16.5. The third kappa shape index (κ3) is 7.34. The van der Waals surface area contributed by atoms with Gasteiger partial charge in [-0.25, -0.2) is 0 Å². The van der Waals surface area contributed by atoms with E-state index in [-0.39, 0.29) is 5.91 Å². The highest BCUT2D eigenvalue weighted by Gasteiger charge is 2.16. The van der Waals surface area contributed by atoms with Crippen molar-refractivity contribution in [2.45, 2.75) is 39.0 Å². The molecule has 0 aromatic rings. The third-order valence-corrected chi connectivity index (χ3v) is 3.07. The van der Waals surface area contributed by atoms with Gasteiger partial charge in [-0.2, -0.15) is 0 Å². The molecule has 0 bridgehead atoms. The molecule has 0 aliphatic carbocycles. The smallest absolute Gasteiger partial charge is 0.220 e. The van der Waals surface area contributed by atoms with Crippen molar-refractivity contribution in [3.8, 4) is 0 Å². The molecule has 0 saturated carbocycles. The first-order valence-electron chi connectivity index (χ1n) is 6.88. The zero-order chi connectivity index (χ0) is 12.3. The van der Waals surface area contributed by atoms with Crippen LogP contribution in [0.2, 0.25) is 0 Å². The summed E-state index contributed by atoms with van der Waals surface area (Å²) in [6.45, 7) is 6.53. The summed E-state index contributed by atoms with van der Waals surface area (Å²) in [4.78, 5) is 11.6. The Bertz CT molecular complexity index is 204. The van der Waals surface area contributed by atoms with Crippen molar-refractivity contribution in [2.75, 3.05) is 32.8 Å². The van der Waals surface area contributed by atoms with Gasteiger partial charge in [-0.1, -0.05) is 6.92 Å². The van der Waals surface area contributed by atoms with Gasteiger partial charge >= 0.3 is 0 Å². The minimum Gasteiger partial charge on any atom is -0.381 e. The van der Waals surface area contributed by atoms with E-state index in [2.05, 4.69) is 17.6 Å². The molecule has 4 nitrogen and oxygen atoms in total. The maximum atomic E-state index is 11.6. The molecule has 17 heavy (non-hydrogen) atoms. The van der Waals surface area contributed by atoms with E-state index >= 15 is 0 Å². The number of piperidine rings is 1. The number of nitrogens with one attached hydrogen (secondary N) is 2. The van der Waals surface area contributed by atoms with Crippen LogP contribution in [0.1, 0.15) is 39.0 Å². The predicted octanol–water partition coefficient (Wildman–Crippen LogP) is 1.31. The number of amides is 1.